The zero-order valence-corrected chi connectivity index (χ0v) is 14.2. The van der Waals surface area contributed by atoms with Gasteiger partial charge in [-0.3, -0.25) is 4.98 Å². The molecule has 0 amide bonds. The maximum absolute atomic E-state index is 5.38. The molecule has 0 unspecified atom stereocenters. The van der Waals surface area contributed by atoms with Gasteiger partial charge in [0.25, 0.3) is 0 Å². The molecule has 0 radical (unpaired) electrons. The third kappa shape index (κ3) is 3.55. The molecule has 0 bridgehead atoms. The van der Waals surface area contributed by atoms with Crippen LogP contribution in [0.1, 0.15) is 0 Å². The molecule has 3 aromatic rings. The Hall–Kier alpha value is -2.86. The average molecular weight is 339 g/mol. The number of rotatable bonds is 4. The second kappa shape index (κ2) is 7.14. The first kappa shape index (κ1) is 16.0. The lowest BCUT2D eigenvalue weighted by Gasteiger charge is -2.14. The first-order valence-electron chi connectivity index (χ1n) is 7.34. The van der Waals surface area contributed by atoms with E-state index in [-0.39, 0.29) is 0 Å². The molecule has 2 aromatic carbocycles. The van der Waals surface area contributed by atoms with Gasteiger partial charge in [0.1, 0.15) is 11.5 Å². The summed E-state index contributed by atoms with van der Waals surface area (Å²) in [4.78, 5) is 4.30. The number of hydrogen-bond donors (Lipinski definition) is 2. The van der Waals surface area contributed by atoms with Crippen molar-refractivity contribution in [1.29, 1.82) is 0 Å². The molecule has 122 valence electrons. The number of nitrogens with zero attached hydrogens (tertiary/aromatic N) is 1. The Morgan fingerprint density at radius 2 is 1.88 bits per heavy atom. The van der Waals surface area contributed by atoms with Crippen LogP contribution in [0.2, 0.25) is 0 Å². The molecule has 0 aliphatic rings. The lowest BCUT2D eigenvalue weighted by molar-refractivity contribution is 0.395. The van der Waals surface area contributed by atoms with Crippen molar-refractivity contribution in [3.05, 3.63) is 54.7 Å². The summed E-state index contributed by atoms with van der Waals surface area (Å²) in [5.74, 6) is 1.37. The van der Waals surface area contributed by atoms with Crippen LogP contribution in [-0.2, 0) is 0 Å². The summed E-state index contributed by atoms with van der Waals surface area (Å²) >= 11 is 5.38. The molecule has 0 saturated carbocycles. The van der Waals surface area contributed by atoms with Gasteiger partial charge in [-0.05, 0) is 48.6 Å². The molecule has 0 aliphatic heterocycles. The highest BCUT2D eigenvalue weighted by Crippen LogP contribution is 2.29. The topological polar surface area (TPSA) is 55.4 Å². The van der Waals surface area contributed by atoms with Crippen LogP contribution in [0.5, 0.6) is 11.5 Å². The fraction of sp³-hybridized carbons (Fsp3) is 0.111. The SMILES string of the molecule is COc1ccc(NC(=S)Nc2ccc3ncccc3c2)c(OC)c1. The molecule has 3 rings (SSSR count). The van der Waals surface area contributed by atoms with Crippen LogP contribution in [0, 0.1) is 0 Å². The number of benzene rings is 2. The highest BCUT2D eigenvalue weighted by atomic mass is 32.1. The van der Waals surface area contributed by atoms with Crippen LogP contribution in [0.15, 0.2) is 54.7 Å². The van der Waals surface area contributed by atoms with Crippen molar-refractivity contribution in [2.45, 2.75) is 0 Å². The van der Waals surface area contributed by atoms with Crippen LogP contribution < -0.4 is 20.1 Å². The second-order valence-corrected chi connectivity index (χ2v) is 5.46. The van der Waals surface area contributed by atoms with Crippen molar-refractivity contribution in [3.8, 4) is 11.5 Å². The molecule has 0 saturated heterocycles. The predicted octanol–water partition coefficient (Wildman–Crippen LogP) is 4.06. The van der Waals surface area contributed by atoms with Crippen LogP contribution >= 0.6 is 12.2 Å². The summed E-state index contributed by atoms with van der Waals surface area (Å²) in [7, 11) is 3.22. The van der Waals surface area contributed by atoms with E-state index in [1.807, 2.05) is 42.5 Å². The van der Waals surface area contributed by atoms with E-state index >= 15 is 0 Å². The largest absolute Gasteiger partial charge is 0.497 e. The Kier molecular flexibility index (Phi) is 4.77. The Bertz CT molecular complexity index is 883. The Labute approximate surface area is 145 Å². The van der Waals surface area contributed by atoms with Crippen LogP contribution in [0.3, 0.4) is 0 Å². The first-order valence-corrected chi connectivity index (χ1v) is 7.75. The molecule has 1 aromatic heterocycles. The van der Waals surface area contributed by atoms with E-state index in [1.54, 1.807) is 26.5 Å². The minimum absolute atomic E-state index is 0.474. The molecule has 1 heterocycles. The van der Waals surface area contributed by atoms with Gasteiger partial charge in [0, 0.05) is 23.3 Å². The molecule has 5 nitrogen and oxygen atoms in total. The summed E-state index contributed by atoms with van der Waals surface area (Å²) in [6, 6.07) is 15.3. The van der Waals surface area contributed by atoms with Gasteiger partial charge >= 0.3 is 0 Å². The molecular formula is C18H17N3O2S. The van der Waals surface area contributed by atoms with Crippen molar-refractivity contribution in [2.24, 2.45) is 0 Å². The maximum atomic E-state index is 5.38. The highest BCUT2D eigenvalue weighted by molar-refractivity contribution is 7.80. The van der Waals surface area contributed by atoms with Crippen LogP contribution in [0.4, 0.5) is 11.4 Å². The van der Waals surface area contributed by atoms with Crippen LogP contribution in [-0.4, -0.2) is 24.3 Å². The predicted molar refractivity (Wildman–Crippen MR) is 101 cm³/mol. The van der Waals surface area contributed by atoms with E-state index in [4.69, 9.17) is 21.7 Å². The summed E-state index contributed by atoms with van der Waals surface area (Å²) in [6.45, 7) is 0. The summed E-state index contributed by atoms with van der Waals surface area (Å²) in [5.41, 5.74) is 2.59. The molecule has 0 spiro atoms. The molecule has 2 N–H and O–H groups in total. The van der Waals surface area contributed by atoms with E-state index in [0.717, 1.165) is 28.0 Å². The minimum Gasteiger partial charge on any atom is -0.497 e. The van der Waals surface area contributed by atoms with Crippen molar-refractivity contribution in [1.82, 2.24) is 4.98 Å². The van der Waals surface area contributed by atoms with Crippen molar-refractivity contribution in [3.63, 3.8) is 0 Å². The monoisotopic (exact) mass is 339 g/mol. The van der Waals surface area contributed by atoms with Gasteiger partial charge in [0.05, 0.1) is 25.4 Å². The number of fused-ring (bicyclic) bond motifs is 1. The quantitative estimate of drug-likeness (QED) is 0.699. The van der Waals surface area contributed by atoms with E-state index in [2.05, 4.69) is 15.6 Å². The Morgan fingerprint density at radius 1 is 1.00 bits per heavy atom. The van der Waals surface area contributed by atoms with Crippen molar-refractivity contribution in [2.75, 3.05) is 24.9 Å². The molecule has 24 heavy (non-hydrogen) atoms. The summed E-state index contributed by atoms with van der Waals surface area (Å²) in [6.07, 6.45) is 1.78. The maximum Gasteiger partial charge on any atom is 0.175 e. The number of nitrogens with one attached hydrogen (secondary N) is 2. The number of pyridine rings is 1. The van der Waals surface area contributed by atoms with Gasteiger partial charge in [-0.1, -0.05) is 6.07 Å². The number of thiocarbonyl (C=S) groups is 1. The number of aromatic nitrogens is 1. The lowest BCUT2D eigenvalue weighted by Crippen LogP contribution is -2.19. The zero-order chi connectivity index (χ0) is 16.9. The Morgan fingerprint density at radius 3 is 2.67 bits per heavy atom. The van der Waals surface area contributed by atoms with E-state index in [1.165, 1.54) is 0 Å². The van der Waals surface area contributed by atoms with Crippen LogP contribution in [0.25, 0.3) is 10.9 Å². The molecule has 0 atom stereocenters. The lowest BCUT2D eigenvalue weighted by atomic mass is 10.2. The number of ether oxygens (including phenoxy) is 2. The number of hydrogen-bond acceptors (Lipinski definition) is 4. The van der Waals surface area contributed by atoms with Gasteiger partial charge in [0.15, 0.2) is 5.11 Å². The smallest absolute Gasteiger partial charge is 0.175 e. The first-order chi connectivity index (χ1) is 11.7. The van der Waals surface area contributed by atoms with Gasteiger partial charge in [0.2, 0.25) is 0 Å². The highest BCUT2D eigenvalue weighted by Gasteiger charge is 2.07. The van der Waals surface area contributed by atoms with Gasteiger partial charge in [-0.25, -0.2) is 0 Å². The third-order valence-electron chi connectivity index (χ3n) is 3.52. The fourth-order valence-electron chi connectivity index (χ4n) is 2.34. The normalized spacial score (nSPS) is 10.2. The summed E-state index contributed by atoms with van der Waals surface area (Å²) in [5, 5.41) is 7.82. The fourth-order valence-corrected chi connectivity index (χ4v) is 2.57. The second-order valence-electron chi connectivity index (χ2n) is 5.06. The zero-order valence-electron chi connectivity index (χ0n) is 13.4. The Balaban J connectivity index is 1.75. The molecule has 6 heteroatoms. The average Bonchev–Trinajstić information content (AvgIpc) is 2.62. The standard InChI is InChI=1S/C18H17N3O2S/c1-22-14-6-8-16(17(11-14)23-2)21-18(24)20-13-5-7-15-12(10-13)4-3-9-19-15/h3-11H,1-2H3,(H2,20,21,24). The molecule has 0 aliphatic carbocycles. The summed E-state index contributed by atoms with van der Waals surface area (Å²) < 4.78 is 10.5. The van der Waals surface area contributed by atoms with Gasteiger partial charge in [-0.2, -0.15) is 0 Å². The van der Waals surface area contributed by atoms with E-state index in [0.29, 0.717) is 10.9 Å². The van der Waals surface area contributed by atoms with E-state index < -0.39 is 0 Å². The van der Waals surface area contributed by atoms with Gasteiger partial charge in [-0.15, -0.1) is 0 Å². The van der Waals surface area contributed by atoms with Crippen molar-refractivity contribution >= 4 is 39.6 Å². The van der Waals surface area contributed by atoms with Crippen molar-refractivity contribution < 1.29 is 9.47 Å². The minimum atomic E-state index is 0.474. The number of methoxy groups -OCH3 is 2. The molecule has 0 fully saturated rings. The number of anilines is 2. The van der Waals surface area contributed by atoms with E-state index in [9.17, 15) is 0 Å². The van der Waals surface area contributed by atoms with Gasteiger partial charge < -0.3 is 20.1 Å². The third-order valence-corrected chi connectivity index (χ3v) is 3.72. The molecular weight excluding hydrogens is 322 g/mol.